The molecule has 2 aromatic carbocycles. The van der Waals surface area contributed by atoms with Crippen LogP contribution in [0.1, 0.15) is 32.1 Å². The van der Waals surface area contributed by atoms with E-state index in [1.807, 2.05) is 13.8 Å². The summed E-state index contributed by atoms with van der Waals surface area (Å²) in [6, 6.07) is 7.20. The minimum absolute atomic E-state index is 0.00295. The van der Waals surface area contributed by atoms with E-state index in [0.29, 0.717) is 5.52 Å². The monoisotopic (exact) mass is 377 g/mol. The summed E-state index contributed by atoms with van der Waals surface area (Å²) in [5, 5.41) is 0.397. The molecule has 0 saturated carbocycles. The quantitative estimate of drug-likeness (QED) is 0.734. The molecule has 0 amide bonds. The van der Waals surface area contributed by atoms with Crippen LogP contribution >= 0.6 is 11.6 Å². The van der Waals surface area contributed by atoms with E-state index in [1.165, 1.54) is 0 Å². The Kier molecular flexibility index (Phi) is 5.07. The minimum atomic E-state index is -0.797. The van der Waals surface area contributed by atoms with E-state index in [-0.39, 0.29) is 27.8 Å². The number of nitrogens with two attached hydrogens (primary N) is 1. The first-order valence-corrected chi connectivity index (χ1v) is 8.64. The summed E-state index contributed by atoms with van der Waals surface area (Å²) in [7, 11) is 0. The molecule has 2 N–H and O–H groups in total. The van der Waals surface area contributed by atoms with E-state index in [1.54, 1.807) is 18.2 Å². The molecular weight excluding hydrogens is 360 g/mol. The van der Waals surface area contributed by atoms with E-state index in [9.17, 15) is 13.6 Å². The molecule has 0 aliphatic rings. The van der Waals surface area contributed by atoms with Gasteiger partial charge in [0.15, 0.2) is 0 Å². The van der Waals surface area contributed by atoms with Gasteiger partial charge < -0.3 is 5.73 Å². The molecule has 0 aliphatic carbocycles. The smallest absolute Gasteiger partial charge is 0.267 e. The molecular formula is C19H18ClF2N3O. The maximum Gasteiger partial charge on any atom is 0.267 e. The molecule has 1 heterocycles. The molecule has 2 unspecified atom stereocenters. The van der Waals surface area contributed by atoms with Crippen molar-refractivity contribution in [2.45, 2.75) is 26.3 Å². The lowest BCUT2D eigenvalue weighted by Gasteiger charge is -2.22. The summed E-state index contributed by atoms with van der Waals surface area (Å²) in [4.78, 5) is 17.7. The van der Waals surface area contributed by atoms with Gasteiger partial charge in [-0.15, -0.1) is 0 Å². The lowest BCUT2D eigenvalue weighted by molar-refractivity contribution is 0.431. The second-order valence-electron chi connectivity index (χ2n) is 6.28. The average Bonchev–Trinajstić information content (AvgIpc) is 2.59. The SMILES string of the molecule is CCC(C)C(N)c1nc2cccc(Cl)c2c(=O)n1-c1cc(F)cc(F)c1. The number of halogens is 3. The standard InChI is InChI=1S/C19H18ClF2N3O/c1-3-10(2)17(23)18-24-15-6-4-5-14(20)16(15)19(26)25(18)13-8-11(21)7-12(22)9-13/h4-10,17H,3,23H2,1-2H3. The minimum Gasteiger partial charge on any atom is -0.321 e. The third-order valence-corrected chi connectivity index (χ3v) is 4.85. The molecule has 136 valence electrons. The Morgan fingerprint density at radius 1 is 1.23 bits per heavy atom. The van der Waals surface area contributed by atoms with Crippen molar-refractivity contribution in [3.05, 3.63) is 69.2 Å². The van der Waals surface area contributed by atoms with Gasteiger partial charge in [-0.1, -0.05) is 37.9 Å². The van der Waals surface area contributed by atoms with E-state index in [0.717, 1.165) is 29.2 Å². The Bertz CT molecular complexity index is 1010. The Morgan fingerprint density at radius 3 is 2.50 bits per heavy atom. The van der Waals surface area contributed by atoms with Gasteiger partial charge in [0.25, 0.3) is 5.56 Å². The number of aromatic nitrogens is 2. The Hall–Kier alpha value is -2.31. The normalized spacial score (nSPS) is 13.8. The fourth-order valence-corrected chi connectivity index (χ4v) is 3.11. The van der Waals surface area contributed by atoms with Crippen LogP contribution in [0.2, 0.25) is 5.02 Å². The summed E-state index contributed by atoms with van der Waals surface area (Å²) in [6.45, 7) is 3.89. The molecule has 3 aromatic rings. The van der Waals surface area contributed by atoms with Crippen LogP contribution in [-0.2, 0) is 0 Å². The van der Waals surface area contributed by atoms with Crippen LogP contribution in [0.15, 0.2) is 41.2 Å². The van der Waals surface area contributed by atoms with Crippen LogP contribution in [0, 0.1) is 17.6 Å². The third-order valence-electron chi connectivity index (χ3n) is 4.53. The highest BCUT2D eigenvalue weighted by Crippen LogP contribution is 2.26. The molecule has 1 aromatic heterocycles. The van der Waals surface area contributed by atoms with E-state index < -0.39 is 23.2 Å². The molecule has 4 nitrogen and oxygen atoms in total. The highest BCUT2D eigenvalue weighted by molar-refractivity contribution is 6.35. The molecule has 0 fully saturated rings. The molecule has 0 bridgehead atoms. The lowest BCUT2D eigenvalue weighted by atomic mass is 9.98. The zero-order valence-electron chi connectivity index (χ0n) is 14.3. The van der Waals surface area contributed by atoms with Crippen molar-refractivity contribution in [3.8, 4) is 5.69 Å². The Balaban J connectivity index is 2.42. The summed E-state index contributed by atoms with van der Waals surface area (Å²) in [5.74, 6) is -1.35. The fraction of sp³-hybridized carbons (Fsp3) is 0.263. The van der Waals surface area contributed by atoms with E-state index in [4.69, 9.17) is 17.3 Å². The van der Waals surface area contributed by atoms with Crippen LogP contribution in [-0.4, -0.2) is 9.55 Å². The molecule has 2 atom stereocenters. The average molecular weight is 378 g/mol. The second kappa shape index (κ2) is 7.13. The first kappa shape index (κ1) is 18.5. The number of hydrogen-bond donors (Lipinski definition) is 1. The predicted octanol–water partition coefficient (Wildman–Crippen LogP) is 4.36. The molecule has 0 radical (unpaired) electrons. The first-order valence-electron chi connectivity index (χ1n) is 8.26. The molecule has 0 spiro atoms. The molecule has 0 aliphatic heterocycles. The highest BCUT2D eigenvalue weighted by atomic mass is 35.5. The Labute approximate surface area is 154 Å². The zero-order valence-corrected chi connectivity index (χ0v) is 15.1. The van der Waals surface area contributed by atoms with Crippen LogP contribution in [0.4, 0.5) is 8.78 Å². The largest absolute Gasteiger partial charge is 0.321 e. The number of fused-ring (bicyclic) bond motifs is 1. The topological polar surface area (TPSA) is 60.9 Å². The summed E-state index contributed by atoms with van der Waals surface area (Å²) in [5.41, 5.74) is 6.22. The number of hydrogen-bond acceptors (Lipinski definition) is 3. The molecule has 7 heteroatoms. The predicted molar refractivity (Wildman–Crippen MR) is 98.6 cm³/mol. The molecule has 0 saturated heterocycles. The van der Waals surface area contributed by atoms with Gasteiger partial charge in [-0.3, -0.25) is 9.36 Å². The number of rotatable bonds is 4. The van der Waals surface area contributed by atoms with Gasteiger partial charge in [-0.25, -0.2) is 13.8 Å². The Morgan fingerprint density at radius 2 is 1.88 bits per heavy atom. The zero-order chi connectivity index (χ0) is 19.0. The lowest BCUT2D eigenvalue weighted by Crippen LogP contribution is -2.31. The summed E-state index contributed by atoms with van der Waals surface area (Å²) >= 11 is 6.17. The summed E-state index contributed by atoms with van der Waals surface area (Å²) < 4.78 is 28.7. The van der Waals surface area contributed by atoms with Gasteiger partial charge in [0, 0.05) is 6.07 Å². The van der Waals surface area contributed by atoms with Crippen LogP contribution < -0.4 is 11.3 Å². The van der Waals surface area contributed by atoms with Crippen LogP contribution in [0.5, 0.6) is 0 Å². The fourth-order valence-electron chi connectivity index (χ4n) is 2.86. The van der Waals surface area contributed by atoms with Gasteiger partial charge in [0.1, 0.15) is 17.5 Å². The molecule has 3 rings (SSSR count). The van der Waals surface area contributed by atoms with Gasteiger partial charge in [-0.05, 0) is 30.2 Å². The third kappa shape index (κ3) is 3.22. The highest BCUT2D eigenvalue weighted by Gasteiger charge is 2.23. The second-order valence-corrected chi connectivity index (χ2v) is 6.69. The number of benzene rings is 2. The van der Waals surface area contributed by atoms with Crippen molar-refractivity contribution in [1.82, 2.24) is 9.55 Å². The van der Waals surface area contributed by atoms with Gasteiger partial charge in [0.05, 0.1) is 27.7 Å². The molecule has 26 heavy (non-hydrogen) atoms. The van der Waals surface area contributed by atoms with Crippen molar-refractivity contribution in [2.24, 2.45) is 11.7 Å². The van der Waals surface area contributed by atoms with Crippen LogP contribution in [0.3, 0.4) is 0 Å². The maximum atomic E-state index is 13.8. The van der Waals surface area contributed by atoms with Crippen molar-refractivity contribution < 1.29 is 8.78 Å². The van der Waals surface area contributed by atoms with Crippen molar-refractivity contribution >= 4 is 22.5 Å². The van der Waals surface area contributed by atoms with Crippen LogP contribution in [0.25, 0.3) is 16.6 Å². The van der Waals surface area contributed by atoms with Gasteiger partial charge in [-0.2, -0.15) is 0 Å². The van der Waals surface area contributed by atoms with E-state index in [2.05, 4.69) is 4.98 Å². The van der Waals surface area contributed by atoms with Crippen molar-refractivity contribution in [2.75, 3.05) is 0 Å². The van der Waals surface area contributed by atoms with Crippen molar-refractivity contribution in [1.29, 1.82) is 0 Å². The maximum absolute atomic E-state index is 13.8. The number of nitrogens with zero attached hydrogens (tertiary/aromatic N) is 2. The van der Waals surface area contributed by atoms with Gasteiger partial charge >= 0.3 is 0 Å². The summed E-state index contributed by atoms with van der Waals surface area (Å²) in [6.07, 6.45) is 0.752. The van der Waals surface area contributed by atoms with Crippen molar-refractivity contribution in [3.63, 3.8) is 0 Å². The van der Waals surface area contributed by atoms with E-state index >= 15 is 0 Å². The van der Waals surface area contributed by atoms with Gasteiger partial charge in [0.2, 0.25) is 0 Å². The first-order chi connectivity index (χ1) is 12.3.